The molecule has 2 heterocycles. The molecule has 13 heteroatoms. The second-order valence-corrected chi connectivity index (χ2v) is 11.3. The van der Waals surface area contributed by atoms with Gasteiger partial charge in [0.1, 0.15) is 11.6 Å². The third-order valence-corrected chi connectivity index (χ3v) is 8.48. The number of piperazine rings is 1. The van der Waals surface area contributed by atoms with Crippen LogP contribution in [-0.2, 0) is 10.0 Å². The number of ether oxygens (including phenoxy) is 1. The second kappa shape index (κ2) is 14.2. The molecule has 1 fully saturated rings. The molecule has 226 valence electrons. The van der Waals surface area contributed by atoms with Gasteiger partial charge in [-0.2, -0.15) is 0 Å². The first kappa shape index (κ1) is 34.8. The van der Waals surface area contributed by atoms with Crippen LogP contribution in [0, 0.1) is 13.8 Å². The number of nitrogens with one attached hydrogen (secondary N) is 1. The number of carbonyl (C=O) groups is 1. The van der Waals surface area contributed by atoms with Gasteiger partial charge in [0.2, 0.25) is 0 Å². The number of nitrogens with zero attached hydrogens (tertiary/aromatic N) is 3. The number of rotatable bonds is 7. The SMILES string of the molecule is COc1ccc(N2CCN(c3cc(C(=O)O)c4cc(NS(=O)(=O)c5cc(C)ccc5C)ccc4n3)CC2)cc1.Cl.Cl.Cl. The molecule has 0 bridgehead atoms. The Balaban J connectivity index is 0.00000205. The first-order valence-electron chi connectivity index (χ1n) is 12.6. The van der Waals surface area contributed by atoms with E-state index in [0.717, 1.165) is 30.1 Å². The van der Waals surface area contributed by atoms with Gasteiger partial charge in [-0.25, -0.2) is 18.2 Å². The average molecular weight is 656 g/mol. The van der Waals surface area contributed by atoms with E-state index in [1.165, 1.54) is 6.07 Å². The zero-order valence-corrected chi connectivity index (χ0v) is 26.5. The molecule has 1 saturated heterocycles. The van der Waals surface area contributed by atoms with Crippen molar-refractivity contribution >= 4 is 81.3 Å². The molecule has 5 rings (SSSR count). The van der Waals surface area contributed by atoms with Gasteiger partial charge in [0.15, 0.2) is 0 Å². The Morgan fingerprint density at radius 1 is 0.881 bits per heavy atom. The highest BCUT2D eigenvalue weighted by Gasteiger charge is 2.22. The molecule has 0 amide bonds. The summed E-state index contributed by atoms with van der Waals surface area (Å²) in [6, 6.07) is 19.5. The highest BCUT2D eigenvalue weighted by atomic mass is 35.5. The quantitative estimate of drug-likeness (QED) is 0.251. The number of carboxylic acids is 1. The van der Waals surface area contributed by atoms with Gasteiger partial charge in [-0.05, 0) is 79.6 Å². The standard InChI is InChI=1S/C29H30N4O5S.3ClH/c1-19-4-5-20(2)27(16-19)39(36,37)31-21-6-11-26-24(17-21)25(29(34)35)18-28(30-26)33-14-12-32(13-15-33)22-7-9-23(38-3)10-8-22;;;/h4-11,16-18,31H,12-15H2,1-3H3,(H,34,35);3*1H. The molecule has 9 nitrogen and oxygen atoms in total. The zero-order chi connectivity index (χ0) is 27.7. The number of sulfonamides is 1. The van der Waals surface area contributed by atoms with Crippen LogP contribution in [0.4, 0.5) is 17.2 Å². The predicted octanol–water partition coefficient (Wildman–Crippen LogP) is 5.95. The van der Waals surface area contributed by atoms with Gasteiger partial charge in [0, 0.05) is 42.9 Å². The lowest BCUT2D eigenvalue weighted by Crippen LogP contribution is -2.46. The number of pyridine rings is 1. The summed E-state index contributed by atoms with van der Waals surface area (Å²) in [5.41, 5.74) is 3.38. The smallest absolute Gasteiger partial charge is 0.336 e. The number of hydrogen-bond donors (Lipinski definition) is 2. The Hall–Kier alpha value is -3.44. The van der Waals surface area contributed by atoms with E-state index in [1.54, 1.807) is 44.4 Å². The molecular formula is C29H33Cl3N4O5S. The third kappa shape index (κ3) is 7.30. The number of aromatic nitrogens is 1. The number of fused-ring (bicyclic) bond motifs is 1. The molecule has 0 unspecified atom stereocenters. The molecule has 1 aliphatic rings. The summed E-state index contributed by atoms with van der Waals surface area (Å²) in [6.45, 7) is 6.44. The van der Waals surface area contributed by atoms with E-state index in [4.69, 9.17) is 9.72 Å². The molecule has 0 saturated carbocycles. The Bertz CT molecular complexity index is 1660. The number of methoxy groups -OCH3 is 1. The third-order valence-electron chi connectivity index (χ3n) is 6.95. The largest absolute Gasteiger partial charge is 0.497 e. The van der Waals surface area contributed by atoms with Crippen molar-refractivity contribution in [2.75, 3.05) is 47.8 Å². The van der Waals surface area contributed by atoms with Gasteiger partial charge in [-0.3, -0.25) is 4.72 Å². The second-order valence-electron chi connectivity index (χ2n) is 9.61. The predicted molar refractivity (Wildman–Crippen MR) is 175 cm³/mol. The average Bonchev–Trinajstić information content (AvgIpc) is 2.93. The lowest BCUT2D eigenvalue weighted by atomic mass is 10.1. The van der Waals surface area contributed by atoms with Crippen molar-refractivity contribution in [2.24, 2.45) is 0 Å². The minimum atomic E-state index is -3.86. The van der Waals surface area contributed by atoms with E-state index in [-0.39, 0.29) is 53.4 Å². The van der Waals surface area contributed by atoms with Crippen molar-refractivity contribution in [1.29, 1.82) is 0 Å². The van der Waals surface area contributed by atoms with Crippen LogP contribution in [0.25, 0.3) is 10.9 Å². The first-order valence-corrected chi connectivity index (χ1v) is 14.0. The highest BCUT2D eigenvalue weighted by Crippen LogP contribution is 2.29. The molecule has 42 heavy (non-hydrogen) atoms. The van der Waals surface area contributed by atoms with Crippen LogP contribution in [0.15, 0.2) is 71.6 Å². The minimum Gasteiger partial charge on any atom is -0.497 e. The molecule has 1 aliphatic heterocycles. The summed E-state index contributed by atoms with van der Waals surface area (Å²) in [4.78, 5) is 21.5. The van der Waals surface area contributed by atoms with Crippen molar-refractivity contribution in [3.8, 4) is 5.75 Å². The molecule has 4 aromatic rings. The fourth-order valence-electron chi connectivity index (χ4n) is 4.81. The molecule has 0 atom stereocenters. The number of anilines is 3. The van der Waals surface area contributed by atoms with Crippen molar-refractivity contribution in [2.45, 2.75) is 18.7 Å². The molecule has 0 aliphatic carbocycles. The van der Waals surface area contributed by atoms with Crippen LogP contribution in [0.1, 0.15) is 21.5 Å². The number of aromatic carboxylic acids is 1. The highest BCUT2D eigenvalue weighted by molar-refractivity contribution is 7.92. The van der Waals surface area contributed by atoms with E-state index >= 15 is 0 Å². The van der Waals surface area contributed by atoms with E-state index in [0.29, 0.717) is 35.4 Å². The molecule has 3 aromatic carbocycles. The number of aryl methyl sites for hydroxylation is 2. The lowest BCUT2D eigenvalue weighted by Gasteiger charge is -2.37. The summed E-state index contributed by atoms with van der Waals surface area (Å²) in [5, 5.41) is 10.4. The van der Waals surface area contributed by atoms with Crippen LogP contribution in [0.2, 0.25) is 0 Å². The van der Waals surface area contributed by atoms with Crippen molar-refractivity contribution in [1.82, 2.24) is 4.98 Å². The fourth-order valence-corrected chi connectivity index (χ4v) is 6.19. The van der Waals surface area contributed by atoms with Gasteiger partial charge in [0.25, 0.3) is 10.0 Å². The minimum absolute atomic E-state index is 0. The summed E-state index contributed by atoms with van der Waals surface area (Å²) in [6.07, 6.45) is 0. The maximum atomic E-state index is 13.1. The monoisotopic (exact) mass is 654 g/mol. The van der Waals surface area contributed by atoms with E-state index in [1.807, 2.05) is 37.3 Å². The Morgan fingerprint density at radius 2 is 1.52 bits per heavy atom. The van der Waals surface area contributed by atoms with Crippen LogP contribution >= 0.6 is 37.2 Å². The number of halogens is 3. The van der Waals surface area contributed by atoms with E-state index in [2.05, 4.69) is 14.5 Å². The topological polar surface area (TPSA) is 112 Å². The Kier molecular flexibility index (Phi) is 11.7. The Morgan fingerprint density at radius 3 is 2.14 bits per heavy atom. The van der Waals surface area contributed by atoms with Gasteiger partial charge in [-0.1, -0.05) is 12.1 Å². The summed E-state index contributed by atoms with van der Waals surface area (Å²) in [5.74, 6) is 0.285. The van der Waals surface area contributed by atoms with Crippen molar-refractivity contribution in [3.63, 3.8) is 0 Å². The van der Waals surface area contributed by atoms with Crippen LogP contribution in [0.5, 0.6) is 5.75 Å². The zero-order valence-electron chi connectivity index (χ0n) is 23.2. The van der Waals surface area contributed by atoms with E-state index < -0.39 is 16.0 Å². The van der Waals surface area contributed by atoms with Gasteiger partial charge in [0.05, 0.1) is 23.1 Å². The maximum absolute atomic E-state index is 13.1. The number of benzene rings is 3. The van der Waals surface area contributed by atoms with Gasteiger partial charge < -0.3 is 19.6 Å². The van der Waals surface area contributed by atoms with Crippen LogP contribution < -0.4 is 19.3 Å². The van der Waals surface area contributed by atoms with Crippen molar-refractivity contribution < 1.29 is 23.1 Å². The van der Waals surface area contributed by atoms with Gasteiger partial charge >= 0.3 is 5.97 Å². The summed E-state index contributed by atoms with van der Waals surface area (Å²) < 4.78 is 34.0. The van der Waals surface area contributed by atoms with Crippen LogP contribution in [-0.4, -0.2) is 57.8 Å². The molecule has 0 spiro atoms. The normalized spacial score (nSPS) is 12.9. The molecule has 1 aromatic heterocycles. The van der Waals surface area contributed by atoms with Crippen LogP contribution in [0.3, 0.4) is 0 Å². The first-order chi connectivity index (χ1) is 18.6. The van der Waals surface area contributed by atoms with Crippen molar-refractivity contribution in [3.05, 3.63) is 83.4 Å². The summed E-state index contributed by atoms with van der Waals surface area (Å²) >= 11 is 0. The van der Waals surface area contributed by atoms with Gasteiger partial charge in [-0.15, -0.1) is 37.2 Å². The molecular weight excluding hydrogens is 623 g/mol. The van der Waals surface area contributed by atoms with E-state index in [9.17, 15) is 18.3 Å². The molecule has 2 N–H and O–H groups in total. The lowest BCUT2D eigenvalue weighted by molar-refractivity contribution is 0.0699. The fraction of sp³-hybridized carbons (Fsp3) is 0.241. The number of hydrogen-bond acceptors (Lipinski definition) is 7. The molecule has 0 radical (unpaired) electrons. The maximum Gasteiger partial charge on any atom is 0.336 e. The Labute approximate surface area is 264 Å². The summed E-state index contributed by atoms with van der Waals surface area (Å²) in [7, 11) is -2.22. The number of carboxylic acid groups (broad SMARTS) is 1.